The molecule has 0 heterocycles. The summed E-state index contributed by atoms with van der Waals surface area (Å²) in [6, 6.07) is 23.2. The van der Waals surface area contributed by atoms with Gasteiger partial charge in [0, 0.05) is 27.3 Å². The lowest BCUT2D eigenvalue weighted by Gasteiger charge is -2.32. The number of thioether (sulfide) groups is 1. The maximum Gasteiger partial charge on any atom is 0.162 e. The van der Waals surface area contributed by atoms with Crippen LogP contribution in [0, 0.1) is 0 Å². The molecular formula is C29H31ClOS. The second kappa shape index (κ2) is 10.3. The van der Waals surface area contributed by atoms with Gasteiger partial charge in [-0.15, -0.1) is 11.8 Å². The minimum Gasteiger partial charge on any atom is -0.294 e. The lowest BCUT2D eigenvalue weighted by atomic mass is 9.71. The van der Waals surface area contributed by atoms with Crippen LogP contribution in [0.2, 0.25) is 5.02 Å². The van der Waals surface area contributed by atoms with E-state index in [1.54, 1.807) is 11.8 Å². The zero-order valence-electron chi connectivity index (χ0n) is 19.0. The molecule has 0 aromatic heterocycles. The van der Waals surface area contributed by atoms with Crippen LogP contribution in [0.4, 0.5) is 0 Å². The van der Waals surface area contributed by atoms with E-state index < -0.39 is 0 Å². The first-order chi connectivity index (χ1) is 15.6. The Bertz CT molecular complexity index is 1080. The molecule has 0 bridgehead atoms. The normalized spacial score (nSPS) is 13.6. The van der Waals surface area contributed by atoms with E-state index in [2.05, 4.69) is 50.2 Å². The number of rotatable bonds is 10. The molecule has 0 spiro atoms. The number of benzene rings is 3. The number of carbonyl (C=O) groups is 1. The van der Waals surface area contributed by atoms with E-state index >= 15 is 0 Å². The van der Waals surface area contributed by atoms with Crippen LogP contribution in [0.15, 0.2) is 71.6 Å². The molecule has 0 atom stereocenters. The van der Waals surface area contributed by atoms with Crippen LogP contribution in [0.5, 0.6) is 0 Å². The van der Waals surface area contributed by atoms with Crippen LogP contribution in [0.25, 0.3) is 11.1 Å². The van der Waals surface area contributed by atoms with Gasteiger partial charge in [0.1, 0.15) is 0 Å². The Kier molecular flexibility index (Phi) is 7.43. The second-order valence-electron chi connectivity index (χ2n) is 8.72. The first kappa shape index (κ1) is 23.1. The van der Waals surface area contributed by atoms with Crippen molar-refractivity contribution in [2.45, 2.75) is 62.7 Å². The van der Waals surface area contributed by atoms with Gasteiger partial charge in [-0.3, -0.25) is 4.79 Å². The number of fused-ring (bicyclic) bond motifs is 3. The van der Waals surface area contributed by atoms with E-state index in [1.165, 1.54) is 27.1 Å². The quantitative estimate of drug-likeness (QED) is 0.170. The molecular weight excluding hydrogens is 432 g/mol. The van der Waals surface area contributed by atoms with Crippen molar-refractivity contribution in [2.24, 2.45) is 0 Å². The van der Waals surface area contributed by atoms with Crippen LogP contribution < -0.4 is 0 Å². The zero-order chi connectivity index (χ0) is 22.6. The summed E-state index contributed by atoms with van der Waals surface area (Å²) in [4.78, 5) is 14.3. The van der Waals surface area contributed by atoms with Gasteiger partial charge < -0.3 is 0 Å². The van der Waals surface area contributed by atoms with Gasteiger partial charge in [0.25, 0.3) is 0 Å². The summed E-state index contributed by atoms with van der Waals surface area (Å²) in [6.45, 7) is 4.54. The van der Waals surface area contributed by atoms with Gasteiger partial charge >= 0.3 is 0 Å². The van der Waals surface area contributed by atoms with Crippen molar-refractivity contribution >= 4 is 29.1 Å². The molecule has 1 nitrogen and oxygen atoms in total. The number of Topliss-reactive ketones (excluding diaryl/α,β-unsaturated/α-hetero) is 1. The average molecular weight is 463 g/mol. The van der Waals surface area contributed by atoms with Crippen LogP contribution in [-0.2, 0) is 5.41 Å². The number of hydrogen-bond acceptors (Lipinski definition) is 2. The Balaban J connectivity index is 1.51. The largest absolute Gasteiger partial charge is 0.294 e. The summed E-state index contributed by atoms with van der Waals surface area (Å²) in [7, 11) is 0. The molecule has 0 N–H and O–H groups in total. The molecule has 166 valence electrons. The van der Waals surface area contributed by atoms with Gasteiger partial charge in [0.05, 0.1) is 0 Å². The Hall–Kier alpha value is -2.03. The third kappa shape index (κ3) is 4.54. The highest BCUT2D eigenvalue weighted by atomic mass is 35.5. The number of ketones is 1. The number of carbonyl (C=O) groups excluding carboxylic acids is 1. The first-order valence-corrected chi connectivity index (χ1v) is 13.1. The molecule has 0 fully saturated rings. The maximum absolute atomic E-state index is 13.1. The Morgan fingerprint density at radius 3 is 2.28 bits per heavy atom. The van der Waals surface area contributed by atoms with Crippen LogP contribution >= 0.6 is 23.4 Å². The molecule has 0 unspecified atom stereocenters. The van der Waals surface area contributed by atoms with Crippen molar-refractivity contribution in [1.29, 1.82) is 0 Å². The predicted molar refractivity (Wildman–Crippen MR) is 138 cm³/mol. The van der Waals surface area contributed by atoms with Gasteiger partial charge in [0.15, 0.2) is 5.78 Å². The zero-order valence-corrected chi connectivity index (χ0v) is 20.6. The maximum atomic E-state index is 13.1. The summed E-state index contributed by atoms with van der Waals surface area (Å²) in [5.74, 6) is 1.18. The minimum absolute atomic E-state index is 0.0378. The number of hydrogen-bond donors (Lipinski definition) is 0. The van der Waals surface area contributed by atoms with Gasteiger partial charge in [-0.1, -0.05) is 74.7 Å². The number of halogens is 1. The third-order valence-corrected chi connectivity index (χ3v) is 7.92. The van der Waals surface area contributed by atoms with E-state index in [-0.39, 0.29) is 11.2 Å². The first-order valence-electron chi connectivity index (χ1n) is 11.7. The molecule has 32 heavy (non-hydrogen) atoms. The summed E-state index contributed by atoms with van der Waals surface area (Å²) in [5, 5.41) is 0.755. The van der Waals surface area contributed by atoms with Gasteiger partial charge in [-0.25, -0.2) is 0 Å². The summed E-state index contributed by atoms with van der Waals surface area (Å²) in [5.41, 5.74) is 6.38. The monoisotopic (exact) mass is 462 g/mol. The molecule has 0 saturated carbocycles. The molecule has 1 aliphatic rings. The van der Waals surface area contributed by atoms with Crippen molar-refractivity contribution in [3.63, 3.8) is 0 Å². The van der Waals surface area contributed by atoms with E-state index in [9.17, 15) is 4.79 Å². The second-order valence-corrected chi connectivity index (χ2v) is 10.3. The van der Waals surface area contributed by atoms with E-state index in [1.807, 2.05) is 30.3 Å². The van der Waals surface area contributed by atoms with Crippen LogP contribution in [-0.4, -0.2) is 11.5 Å². The van der Waals surface area contributed by atoms with E-state index in [4.69, 9.17) is 11.6 Å². The van der Waals surface area contributed by atoms with E-state index in [0.29, 0.717) is 6.42 Å². The molecule has 0 radical (unpaired) electrons. The molecule has 0 amide bonds. The molecule has 3 heteroatoms. The molecule has 3 aromatic carbocycles. The standard InChI is InChI=1S/C29H31ClOS/c1-3-17-29(18-4-2)26-9-6-5-8-24(26)25-16-11-21(20-27(25)29)28(31)10-7-19-32-23-14-12-22(30)13-15-23/h5-6,8-9,11-16,20H,3-4,7,10,17-19H2,1-2H3. The van der Waals surface area contributed by atoms with Crippen LogP contribution in [0.1, 0.15) is 73.9 Å². The Morgan fingerprint density at radius 1 is 0.875 bits per heavy atom. The van der Waals surface area contributed by atoms with Gasteiger partial charge in [0.2, 0.25) is 0 Å². The van der Waals surface area contributed by atoms with Crippen molar-refractivity contribution in [3.05, 3.63) is 88.4 Å². The lowest BCUT2D eigenvalue weighted by molar-refractivity contribution is 0.0982. The fraction of sp³-hybridized carbons (Fsp3) is 0.345. The SMILES string of the molecule is CCCC1(CCC)c2ccccc2-c2ccc(C(=O)CCCSc3ccc(Cl)cc3)cc21. The van der Waals surface area contributed by atoms with Crippen molar-refractivity contribution in [2.75, 3.05) is 5.75 Å². The van der Waals surface area contributed by atoms with Crippen LogP contribution in [0.3, 0.4) is 0 Å². The summed E-state index contributed by atoms with van der Waals surface area (Å²) < 4.78 is 0. The molecule has 1 aliphatic carbocycles. The van der Waals surface area contributed by atoms with Gasteiger partial charge in [-0.05, 0) is 77.6 Å². The molecule has 0 saturated heterocycles. The molecule has 3 aromatic rings. The van der Waals surface area contributed by atoms with Crippen molar-refractivity contribution < 1.29 is 4.79 Å². The molecule has 4 rings (SSSR count). The minimum atomic E-state index is 0.0378. The summed E-state index contributed by atoms with van der Waals surface area (Å²) >= 11 is 7.74. The third-order valence-electron chi connectivity index (χ3n) is 6.57. The fourth-order valence-corrected chi connectivity index (χ4v) is 6.22. The Morgan fingerprint density at radius 2 is 1.56 bits per heavy atom. The summed E-state index contributed by atoms with van der Waals surface area (Å²) in [6.07, 6.45) is 5.97. The highest BCUT2D eigenvalue weighted by Crippen LogP contribution is 2.53. The molecule has 0 aliphatic heterocycles. The van der Waals surface area contributed by atoms with Gasteiger partial charge in [-0.2, -0.15) is 0 Å². The van der Waals surface area contributed by atoms with E-state index in [0.717, 1.165) is 48.4 Å². The average Bonchev–Trinajstić information content (AvgIpc) is 3.08. The highest BCUT2D eigenvalue weighted by Gasteiger charge is 2.41. The fourth-order valence-electron chi connectivity index (χ4n) is 5.24. The highest BCUT2D eigenvalue weighted by molar-refractivity contribution is 7.99. The predicted octanol–water partition coefficient (Wildman–Crippen LogP) is 8.96. The topological polar surface area (TPSA) is 17.1 Å². The smallest absolute Gasteiger partial charge is 0.162 e. The van der Waals surface area contributed by atoms with Crippen molar-refractivity contribution in [3.8, 4) is 11.1 Å². The van der Waals surface area contributed by atoms with Crippen molar-refractivity contribution in [1.82, 2.24) is 0 Å². The lowest BCUT2D eigenvalue weighted by Crippen LogP contribution is -2.25. The Labute approximate surface area is 201 Å².